The number of nitrogens with zero attached hydrogens (tertiary/aromatic N) is 2. The molecule has 0 saturated carbocycles. The molecule has 0 spiro atoms. The van der Waals surface area contributed by atoms with Gasteiger partial charge in [0.2, 0.25) is 0 Å². The van der Waals surface area contributed by atoms with Crippen LogP contribution in [0.3, 0.4) is 0 Å². The third-order valence-electron chi connectivity index (χ3n) is 4.22. The lowest BCUT2D eigenvalue weighted by Crippen LogP contribution is -2.18. The Labute approximate surface area is 158 Å². The number of aromatic nitrogens is 2. The van der Waals surface area contributed by atoms with Crippen molar-refractivity contribution in [1.29, 1.82) is 0 Å². The molecule has 148 valence electrons. The van der Waals surface area contributed by atoms with Gasteiger partial charge in [0.25, 0.3) is 5.91 Å². The van der Waals surface area contributed by atoms with Crippen LogP contribution < -0.4 is 5.48 Å². The number of ether oxygens (including phenoxy) is 1. The third kappa shape index (κ3) is 4.68. The summed E-state index contributed by atoms with van der Waals surface area (Å²) in [6.45, 7) is 1.23. The summed E-state index contributed by atoms with van der Waals surface area (Å²) in [5.41, 5.74) is 3.37. The highest BCUT2D eigenvalue weighted by atomic mass is 19.4. The van der Waals surface area contributed by atoms with E-state index < -0.39 is 17.6 Å². The Balaban J connectivity index is 1.51. The minimum absolute atomic E-state index is 0.226. The van der Waals surface area contributed by atoms with Crippen molar-refractivity contribution in [2.45, 2.75) is 25.7 Å². The first-order chi connectivity index (χ1) is 13.4. The molecule has 0 atom stereocenters. The maximum atomic E-state index is 12.5. The van der Waals surface area contributed by atoms with Crippen LogP contribution in [0.2, 0.25) is 0 Å². The molecule has 0 aliphatic heterocycles. The molecule has 0 bridgehead atoms. The van der Waals surface area contributed by atoms with Crippen molar-refractivity contribution in [3.8, 4) is 0 Å². The van der Waals surface area contributed by atoms with Crippen LogP contribution in [0, 0.1) is 0 Å². The second kappa shape index (κ2) is 8.41. The molecule has 0 fully saturated rings. The zero-order valence-electron chi connectivity index (χ0n) is 14.7. The van der Waals surface area contributed by atoms with Crippen LogP contribution in [-0.4, -0.2) is 27.3 Å². The lowest BCUT2D eigenvalue weighted by atomic mass is 10.1. The smallest absolute Gasteiger partial charge is 0.377 e. The van der Waals surface area contributed by atoms with Crippen molar-refractivity contribution in [3.05, 3.63) is 65.5 Å². The minimum Gasteiger partial charge on any atom is -0.377 e. The number of hydrogen-bond acceptors (Lipinski definition) is 4. The van der Waals surface area contributed by atoms with Crippen molar-refractivity contribution in [1.82, 2.24) is 15.0 Å². The van der Waals surface area contributed by atoms with E-state index in [2.05, 4.69) is 4.98 Å². The Hall–Kier alpha value is -2.91. The van der Waals surface area contributed by atoms with Gasteiger partial charge in [-0.15, -0.1) is 0 Å². The van der Waals surface area contributed by atoms with Gasteiger partial charge in [-0.25, -0.2) is 10.5 Å². The van der Waals surface area contributed by atoms with Crippen LogP contribution in [0.25, 0.3) is 11.0 Å². The van der Waals surface area contributed by atoms with E-state index in [4.69, 9.17) is 9.94 Å². The molecule has 3 rings (SSSR count). The number of hydroxylamine groups is 1. The van der Waals surface area contributed by atoms with Crippen LogP contribution in [-0.2, 0) is 24.1 Å². The number of imidazole rings is 1. The minimum atomic E-state index is -4.34. The van der Waals surface area contributed by atoms with Gasteiger partial charge in [-0.1, -0.05) is 12.1 Å². The molecule has 9 heteroatoms. The van der Waals surface area contributed by atoms with E-state index in [0.717, 1.165) is 23.2 Å². The molecular weight excluding hydrogens is 375 g/mol. The number of halogens is 3. The van der Waals surface area contributed by atoms with Gasteiger partial charge < -0.3 is 9.30 Å². The van der Waals surface area contributed by atoms with Crippen molar-refractivity contribution >= 4 is 16.9 Å². The Morgan fingerprint density at radius 1 is 1.18 bits per heavy atom. The quantitative estimate of drug-likeness (QED) is 0.364. The normalized spacial score (nSPS) is 11.7. The molecule has 0 unspecified atom stereocenters. The summed E-state index contributed by atoms with van der Waals surface area (Å²) in [5.74, 6) is -0.602. The topological polar surface area (TPSA) is 76.4 Å². The summed E-state index contributed by atoms with van der Waals surface area (Å²) in [4.78, 5) is 15.8. The Morgan fingerprint density at radius 3 is 2.61 bits per heavy atom. The maximum Gasteiger partial charge on any atom is 0.416 e. The van der Waals surface area contributed by atoms with Crippen molar-refractivity contribution in [2.75, 3.05) is 6.61 Å². The molecule has 0 saturated heterocycles. The van der Waals surface area contributed by atoms with Crippen LogP contribution in [0.4, 0.5) is 13.2 Å². The van der Waals surface area contributed by atoms with E-state index >= 15 is 0 Å². The summed E-state index contributed by atoms with van der Waals surface area (Å²) >= 11 is 0. The molecule has 2 N–H and O–H groups in total. The van der Waals surface area contributed by atoms with Crippen LogP contribution >= 0.6 is 0 Å². The maximum absolute atomic E-state index is 12.5. The van der Waals surface area contributed by atoms with E-state index in [1.807, 2.05) is 4.57 Å². The van der Waals surface area contributed by atoms with Gasteiger partial charge in [0, 0.05) is 18.7 Å². The Bertz CT molecular complexity index is 952. The molecule has 2 aromatic carbocycles. The molecule has 0 radical (unpaired) electrons. The highest BCUT2D eigenvalue weighted by Gasteiger charge is 2.29. The monoisotopic (exact) mass is 393 g/mol. The molecule has 1 heterocycles. The first kappa shape index (κ1) is 19.8. The fourth-order valence-corrected chi connectivity index (χ4v) is 2.76. The van der Waals surface area contributed by atoms with Gasteiger partial charge in [0.1, 0.15) is 0 Å². The number of amides is 1. The average Bonchev–Trinajstić information content (AvgIpc) is 3.09. The Kier molecular flexibility index (Phi) is 5.96. The van der Waals surface area contributed by atoms with E-state index in [0.29, 0.717) is 30.7 Å². The van der Waals surface area contributed by atoms with Crippen LogP contribution in [0.15, 0.2) is 48.8 Å². The summed E-state index contributed by atoms with van der Waals surface area (Å²) < 4.78 is 45.0. The molecule has 1 amide bonds. The number of carbonyl (C=O) groups excluding carboxylic acids is 1. The molecule has 28 heavy (non-hydrogen) atoms. The van der Waals surface area contributed by atoms with Gasteiger partial charge in [0.15, 0.2) is 0 Å². The summed E-state index contributed by atoms with van der Waals surface area (Å²) in [6.07, 6.45) is -2.03. The largest absolute Gasteiger partial charge is 0.416 e. The SMILES string of the molecule is O=C(NO)c1ccc2ncn(CCCOCc3ccc(C(F)(F)F)cc3)c2c1. The lowest BCUT2D eigenvalue weighted by Gasteiger charge is -2.09. The molecule has 6 nitrogen and oxygen atoms in total. The number of hydrogen-bond donors (Lipinski definition) is 2. The van der Waals surface area contributed by atoms with Crippen LogP contribution in [0.1, 0.15) is 27.9 Å². The van der Waals surface area contributed by atoms with E-state index in [9.17, 15) is 18.0 Å². The molecular formula is C19H18F3N3O3. The van der Waals surface area contributed by atoms with E-state index in [1.54, 1.807) is 30.0 Å². The van der Waals surface area contributed by atoms with Crippen LogP contribution in [0.5, 0.6) is 0 Å². The Morgan fingerprint density at radius 2 is 1.93 bits per heavy atom. The fourth-order valence-electron chi connectivity index (χ4n) is 2.76. The summed E-state index contributed by atoms with van der Waals surface area (Å²) in [7, 11) is 0. The lowest BCUT2D eigenvalue weighted by molar-refractivity contribution is -0.137. The summed E-state index contributed by atoms with van der Waals surface area (Å²) in [6, 6.07) is 9.78. The predicted molar refractivity (Wildman–Crippen MR) is 94.7 cm³/mol. The highest BCUT2D eigenvalue weighted by molar-refractivity contribution is 5.96. The number of benzene rings is 2. The average molecular weight is 393 g/mol. The number of fused-ring (bicyclic) bond motifs is 1. The van der Waals surface area contributed by atoms with Gasteiger partial charge in [-0.05, 0) is 42.3 Å². The first-order valence-electron chi connectivity index (χ1n) is 8.51. The zero-order valence-corrected chi connectivity index (χ0v) is 14.7. The van der Waals surface area contributed by atoms with Crippen molar-refractivity contribution in [2.24, 2.45) is 0 Å². The summed E-state index contributed by atoms with van der Waals surface area (Å²) in [5, 5.41) is 8.74. The number of aryl methyl sites for hydroxylation is 1. The fraction of sp³-hybridized carbons (Fsp3) is 0.263. The van der Waals surface area contributed by atoms with Crippen molar-refractivity contribution in [3.63, 3.8) is 0 Å². The number of carbonyl (C=O) groups is 1. The zero-order chi connectivity index (χ0) is 20.1. The number of rotatable bonds is 7. The van der Waals surface area contributed by atoms with Gasteiger partial charge in [0.05, 0.1) is 29.5 Å². The molecule has 1 aromatic heterocycles. The van der Waals surface area contributed by atoms with E-state index in [-0.39, 0.29) is 6.61 Å². The van der Waals surface area contributed by atoms with Gasteiger partial charge >= 0.3 is 6.18 Å². The third-order valence-corrected chi connectivity index (χ3v) is 4.22. The predicted octanol–water partition coefficient (Wildman–Crippen LogP) is 3.78. The van der Waals surface area contributed by atoms with Crippen molar-refractivity contribution < 1.29 is 27.9 Å². The number of alkyl halides is 3. The molecule has 0 aliphatic carbocycles. The second-order valence-corrected chi connectivity index (χ2v) is 6.18. The first-order valence-corrected chi connectivity index (χ1v) is 8.51. The van der Waals surface area contributed by atoms with Gasteiger partial charge in [-0.3, -0.25) is 10.0 Å². The second-order valence-electron chi connectivity index (χ2n) is 6.18. The van der Waals surface area contributed by atoms with Gasteiger partial charge in [-0.2, -0.15) is 13.2 Å². The molecule has 0 aliphatic rings. The standard InChI is InChI=1S/C19H18F3N3O3/c20-19(21,22)15-5-2-13(3-6-15)11-28-9-1-8-25-12-23-16-7-4-14(10-17(16)25)18(26)24-27/h2-7,10,12,27H,1,8-9,11H2,(H,24,26). The molecule has 3 aromatic rings. The highest BCUT2D eigenvalue weighted by Crippen LogP contribution is 2.29. The van der Waals surface area contributed by atoms with E-state index in [1.165, 1.54) is 12.1 Å². The number of nitrogens with one attached hydrogen (secondary N) is 1.